The number of rotatable bonds is 9. The maximum absolute atomic E-state index is 11.3. The minimum absolute atomic E-state index is 0.112. The van der Waals surface area contributed by atoms with Crippen LogP contribution in [0, 0.1) is 11.3 Å². The first-order valence-electron chi connectivity index (χ1n) is 9.58. The normalized spacial score (nSPS) is 15.0. The summed E-state index contributed by atoms with van der Waals surface area (Å²) < 4.78 is 0. The number of ketones is 1. The molecule has 0 saturated heterocycles. The van der Waals surface area contributed by atoms with Gasteiger partial charge in [0.25, 0.3) is 0 Å². The van der Waals surface area contributed by atoms with Crippen LogP contribution in [0.3, 0.4) is 0 Å². The molecule has 0 unspecified atom stereocenters. The van der Waals surface area contributed by atoms with Crippen molar-refractivity contribution in [2.45, 2.75) is 40.0 Å². The molecule has 0 atom stereocenters. The summed E-state index contributed by atoms with van der Waals surface area (Å²) in [5, 5.41) is 15.7. The topological polar surface area (TPSA) is 74.8 Å². The van der Waals surface area contributed by atoms with E-state index in [1.807, 2.05) is 37.1 Å². The maximum Gasteiger partial charge on any atom is 0.139 e. The van der Waals surface area contributed by atoms with Crippen LogP contribution in [0.25, 0.3) is 0 Å². The summed E-state index contributed by atoms with van der Waals surface area (Å²) >= 11 is 0. The van der Waals surface area contributed by atoms with Crippen LogP contribution in [0.2, 0.25) is 0 Å². The summed E-state index contributed by atoms with van der Waals surface area (Å²) in [5.74, 6) is 0.112. The van der Waals surface area contributed by atoms with Gasteiger partial charge in [0.1, 0.15) is 18.4 Å². The van der Waals surface area contributed by atoms with Crippen LogP contribution in [0.5, 0.6) is 0 Å². The van der Waals surface area contributed by atoms with Gasteiger partial charge in [-0.15, -0.1) is 5.10 Å². The van der Waals surface area contributed by atoms with Gasteiger partial charge >= 0.3 is 0 Å². The van der Waals surface area contributed by atoms with Gasteiger partial charge in [-0.2, -0.15) is 10.1 Å². The number of allylic oxidation sites excluding steroid dienone is 9. The van der Waals surface area contributed by atoms with Crippen LogP contribution in [0.4, 0.5) is 0 Å². The molecule has 0 aromatic carbocycles. The predicted molar refractivity (Wildman–Crippen MR) is 115 cm³/mol. The van der Waals surface area contributed by atoms with Crippen molar-refractivity contribution in [3.8, 4) is 6.07 Å². The van der Waals surface area contributed by atoms with E-state index >= 15 is 0 Å². The zero-order valence-electron chi connectivity index (χ0n) is 17.3. The lowest BCUT2D eigenvalue weighted by molar-refractivity contribution is -0.116. The number of carbonyl (C=O) groups is 1. The highest BCUT2D eigenvalue weighted by molar-refractivity contribution is 5.77. The Labute approximate surface area is 172 Å². The molecule has 29 heavy (non-hydrogen) atoms. The summed E-state index contributed by atoms with van der Waals surface area (Å²) in [6, 6.07) is 2.28. The summed E-state index contributed by atoms with van der Waals surface area (Å²) in [6.07, 6.45) is 17.3. The highest BCUT2D eigenvalue weighted by Crippen LogP contribution is 2.26. The average Bonchev–Trinajstić information content (AvgIpc) is 3.25. The van der Waals surface area contributed by atoms with Crippen molar-refractivity contribution in [1.82, 2.24) is 14.9 Å². The Morgan fingerprint density at radius 3 is 2.76 bits per heavy atom. The van der Waals surface area contributed by atoms with Crippen molar-refractivity contribution < 1.29 is 4.79 Å². The average molecular weight is 390 g/mol. The van der Waals surface area contributed by atoms with Crippen molar-refractivity contribution in [3.05, 3.63) is 83.7 Å². The SMILES string of the molecule is C=C(C=C(C(C#N)=CC)C1=CCCC=C1)N(CC(C)=CCC(C)=O)n1cncn1. The minimum atomic E-state index is 0.112. The van der Waals surface area contributed by atoms with Gasteiger partial charge in [0.2, 0.25) is 0 Å². The number of hydrogen-bond acceptors (Lipinski definition) is 5. The zero-order chi connectivity index (χ0) is 21.2. The Morgan fingerprint density at radius 2 is 2.21 bits per heavy atom. The number of nitriles is 1. The van der Waals surface area contributed by atoms with Crippen LogP contribution >= 0.6 is 0 Å². The van der Waals surface area contributed by atoms with Crippen LogP contribution in [0.1, 0.15) is 40.0 Å². The molecule has 150 valence electrons. The van der Waals surface area contributed by atoms with Gasteiger partial charge in [0.05, 0.1) is 23.9 Å². The maximum atomic E-state index is 11.3. The molecule has 1 aromatic heterocycles. The van der Waals surface area contributed by atoms with Gasteiger partial charge in [0.15, 0.2) is 0 Å². The van der Waals surface area contributed by atoms with Crippen LogP contribution < -0.4 is 5.01 Å². The second-order valence-corrected chi connectivity index (χ2v) is 6.83. The van der Waals surface area contributed by atoms with E-state index < -0.39 is 0 Å². The summed E-state index contributed by atoms with van der Waals surface area (Å²) in [6.45, 7) is 10.1. The van der Waals surface area contributed by atoms with E-state index in [-0.39, 0.29) is 5.78 Å². The molecule has 0 spiro atoms. The molecule has 1 aromatic rings. The molecule has 0 N–H and O–H groups in total. The fraction of sp³-hybridized carbons (Fsp3) is 0.304. The highest BCUT2D eigenvalue weighted by Gasteiger charge is 2.15. The van der Waals surface area contributed by atoms with E-state index in [1.165, 1.54) is 6.33 Å². The molecule has 2 rings (SSSR count). The second-order valence-electron chi connectivity index (χ2n) is 6.83. The molecule has 6 nitrogen and oxygen atoms in total. The van der Waals surface area contributed by atoms with Crippen molar-refractivity contribution in [3.63, 3.8) is 0 Å². The van der Waals surface area contributed by atoms with Crippen molar-refractivity contribution in [2.24, 2.45) is 0 Å². The van der Waals surface area contributed by atoms with Crippen LogP contribution in [0.15, 0.2) is 83.7 Å². The predicted octanol–water partition coefficient (Wildman–Crippen LogP) is 4.33. The summed E-state index contributed by atoms with van der Waals surface area (Å²) in [7, 11) is 0. The molecule has 1 aliphatic carbocycles. The van der Waals surface area contributed by atoms with Gasteiger partial charge < -0.3 is 0 Å². The van der Waals surface area contributed by atoms with Gasteiger partial charge in [-0.1, -0.05) is 42.5 Å². The summed E-state index contributed by atoms with van der Waals surface area (Å²) in [4.78, 5) is 16.9. The third-order valence-corrected chi connectivity index (χ3v) is 4.44. The lowest BCUT2D eigenvalue weighted by Gasteiger charge is -2.25. The van der Waals surface area contributed by atoms with Crippen LogP contribution in [-0.4, -0.2) is 27.2 Å². The number of aromatic nitrogens is 3. The molecule has 0 aliphatic heterocycles. The van der Waals surface area contributed by atoms with E-state index in [9.17, 15) is 10.1 Å². The van der Waals surface area contributed by atoms with Crippen LogP contribution in [-0.2, 0) is 4.79 Å². The first kappa shape index (κ1) is 21.8. The first-order chi connectivity index (χ1) is 14.0. The molecule has 0 bridgehead atoms. The number of carbonyl (C=O) groups excluding carboxylic acids is 1. The monoisotopic (exact) mass is 389 g/mol. The van der Waals surface area contributed by atoms with Gasteiger partial charge in [-0.25, -0.2) is 4.98 Å². The molecule has 0 radical (unpaired) electrons. The molecule has 0 amide bonds. The van der Waals surface area contributed by atoms with Gasteiger partial charge in [-0.05, 0) is 45.3 Å². The van der Waals surface area contributed by atoms with Crippen molar-refractivity contribution in [2.75, 3.05) is 11.6 Å². The first-order valence-corrected chi connectivity index (χ1v) is 9.58. The lowest BCUT2D eigenvalue weighted by atomic mass is 9.93. The number of Topliss-reactive ketones (excluding diaryl/α,β-unsaturated/α-hetero) is 1. The third-order valence-electron chi connectivity index (χ3n) is 4.44. The zero-order valence-corrected chi connectivity index (χ0v) is 17.3. The second kappa shape index (κ2) is 10.8. The Kier molecular flexibility index (Phi) is 8.11. The summed E-state index contributed by atoms with van der Waals surface area (Å²) in [5.41, 5.74) is 4.10. The van der Waals surface area contributed by atoms with Crippen molar-refractivity contribution >= 4 is 5.78 Å². The highest BCUT2D eigenvalue weighted by atomic mass is 16.1. The Bertz CT molecular complexity index is 936. The molecular weight excluding hydrogens is 362 g/mol. The van der Waals surface area contributed by atoms with E-state index in [2.05, 4.69) is 34.9 Å². The molecule has 6 heteroatoms. The fourth-order valence-electron chi connectivity index (χ4n) is 2.90. The Balaban J connectivity index is 2.41. The molecule has 0 saturated carbocycles. The van der Waals surface area contributed by atoms with Gasteiger partial charge in [-0.3, -0.25) is 9.80 Å². The minimum Gasteiger partial charge on any atom is -0.300 e. The van der Waals surface area contributed by atoms with E-state index in [1.54, 1.807) is 24.1 Å². The van der Waals surface area contributed by atoms with E-state index in [4.69, 9.17) is 0 Å². The largest absolute Gasteiger partial charge is 0.300 e. The lowest BCUT2D eigenvalue weighted by Crippen LogP contribution is -2.35. The third kappa shape index (κ3) is 6.28. The molecule has 1 heterocycles. The molecular formula is C23H27N5O. The van der Waals surface area contributed by atoms with E-state index in [0.29, 0.717) is 24.2 Å². The van der Waals surface area contributed by atoms with Gasteiger partial charge in [0, 0.05) is 12.0 Å². The van der Waals surface area contributed by atoms with Crippen molar-refractivity contribution in [1.29, 1.82) is 5.26 Å². The Hall–Kier alpha value is -3.46. The standard InChI is InChI=1S/C23H27N5O/c1-5-21(14-24)23(22-9-7-6-8-10-22)13-19(3)27(28-17-25-16-26-28)15-18(2)11-12-20(4)29/h5,7,9-11,13,16-17H,3,6,8,12,15H2,1-2,4H3. The van der Waals surface area contributed by atoms with E-state index in [0.717, 1.165) is 29.6 Å². The Morgan fingerprint density at radius 1 is 1.41 bits per heavy atom. The molecule has 1 aliphatic rings. The fourth-order valence-corrected chi connectivity index (χ4v) is 2.90. The quantitative estimate of drug-likeness (QED) is 0.357. The number of hydrogen-bond donors (Lipinski definition) is 0. The smallest absolute Gasteiger partial charge is 0.139 e. The number of nitrogens with zero attached hydrogens (tertiary/aromatic N) is 5. The molecule has 0 fully saturated rings.